The maximum absolute atomic E-state index is 12.8. The number of rotatable bonds is 8. The fourth-order valence-electron chi connectivity index (χ4n) is 3.95. The molecule has 2 aromatic heterocycles. The van der Waals surface area contributed by atoms with Gasteiger partial charge < -0.3 is 20.5 Å². The van der Waals surface area contributed by atoms with Gasteiger partial charge in [0, 0.05) is 12.0 Å². The first-order valence-electron chi connectivity index (χ1n) is 10.5. The molecule has 8 nitrogen and oxygen atoms in total. The number of para-hydroxylation sites is 1. The molecule has 0 spiro atoms. The number of anilines is 1. The Balaban J connectivity index is 1.41. The number of nitrogen functional groups attached to an aromatic ring is 1. The van der Waals surface area contributed by atoms with E-state index in [1.54, 1.807) is 25.3 Å². The van der Waals surface area contributed by atoms with E-state index in [9.17, 15) is 4.79 Å². The Morgan fingerprint density at radius 1 is 1.10 bits per heavy atom. The number of nitrogens with two attached hydrogens (primary N) is 1. The Morgan fingerprint density at radius 3 is 2.68 bits per heavy atom. The number of hydrogen-bond acceptors (Lipinski definition) is 7. The van der Waals surface area contributed by atoms with E-state index in [1.807, 2.05) is 18.2 Å². The number of methoxy groups -OCH3 is 1. The number of carbonyl (C=O) groups is 1. The largest absolute Gasteiger partial charge is 0.494 e. The van der Waals surface area contributed by atoms with Gasteiger partial charge in [0.15, 0.2) is 0 Å². The minimum absolute atomic E-state index is 0.0154. The quantitative estimate of drug-likeness (QED) is 0.574. The Labute approximate surface area is 181 Å². The predicted molar refractivity (Wildman–Crippen MR) is 118 cm³/mol. The minimum atomic E-state index is -0.350. The smallest absolute Gasteiger partial charge is 0.271 e. The minimum Gasteiger partial charge on any atom is -0.494 e. The van der Waals surface area contributed by atoms with E-state index in [-0.39, 0.29) is 24.1 Å². The predicted octanol–water partition coefficient (Wildman–Crippen LogP) is 3.25. The van der Waals surface area contributed by atoms with Gasteiger partial charge in [-0.1, -0.05) is 31.0 Å². The summed E-state index contributed by atoms with van der Waals surface area (Å²) in [6.07, 6.45) is 5.13. The van der Waals surface area contributed by atoms with Crippen LogP contribution in [0.4, 0.5) is 5.95 Å². The van der Waals surface area contributed by atoms with Gasteiger partial charge in [0.1, 0.15) is 17.0 Å². The van der Waals surface area contributed by atoms with Gasteiger partial charge in [-0.25, -0.2) is 9.97 Å². The molecule has 1 saturated carbocycles. The summed E-state index contributed by atoms with van der Waals surface area (Å²) in [5, 5.41) is 3.45. The zero-order valence-corrected chi connectivity index (χ0v) is 17.6. The maximum atomic E-state index is 12.8. The van der Waals surface area contributed by atoms with Crippen LogP contribution in [0.15, 0.2) is 36.4 Å². The van der Waals surface area contributed by atoms with Crippen molar-refractivity contribution in [2.24, 2.45) is 5.92 Å². The zero-order chi connectivity index (χ0) is 21.6. The normalized spacial score (nSPS) is 14.1. The molecule has 4 rings (SSSR count). The number of hydrogen-bond donors (Lipinski definition) is 2. The van der Waals surface area contributed by atoms with Crippen LogP contribution in [-0.2, 0) is 17.9 Å². The third-order valence-electron chi connectivity index (χ3n) is 5.51. The SMILES string of the molecule is COc1cccc2c(C(=O)NCc3cccc(COCC4CCCC4)n3)nc(N)nc12. The molecule has 1 aromatic carbocycles. The van der Waals surface area contributed by atoms with Crippen molar-refractivity contribution >= 4 is 22.8 Å². The monoisotopic (exact) mass is 421 g/mol. The number of amides is 1. The van der Waals surface area contributed by atoms with Crippen LogP contribution in [0, 0.1) is 5.92 Å². The van der Waals surface area contributed by atoms with E-state index in [1.165, 1.54) is 25.7 Å². The van der Waals surface area contributed by atoms with Crippen molar-refractivity contribution in [1.82, 2.24) is 20.3 Å². The maximum Gasteiger partial charge on any atom is 0.271 e. The topological polar surface area (TPSA) is 112 Å². The lowest BCUT2D eigenvalue weighted by atomic mass is 10.1. The number of ether oxygens (including phenoxy) is 2. The molecule has 3 N–H and O–H groups in total. The van der Waals surface area contributed by atoms with Gasteiger partial charge in [-0.3, -0.25) is 9.78 Å². The average molecular weight is 422 g/mol. The number of aromatic nitrogens is 3. The highest BCUT2D eigenvalue weighted by atomic mass is 16.5. The van der Waals surface area contributed by atoms with Crippen molar-refractivity contribution in [3.05, 3.63) is 53.5 Å². The van der Waals surface area contributed by atoms with E-state index in [0.29, 0.717) is 29.2 Å². The molecule has 3 aromatic rings. The standard InChI is InChI=1S/C23H27N5O3/c1-30-19-11-5-10-18-20(19)27-23(24)28-21(18)22(29)25-12-16-8-4-9-17(26-16)14-31-13-15-6-2-3-7-15/h4-5,8-11,15H,2-3,6-7,12-14H2,1H3,(H,25,29)(H2,24,27,28). The molecular formula is C23H27N5O3. The van der Waals surface area contributed by atoms with Gasteiger partial charge in [0.05, 0.1) is 31.6 Å². The molecule has 1 aliphatic rings. The van der Waals surface area contributed by atoms with Crippen LogP contribution in [0.1, 0.15) is 47.6 Å². The van der Waals surface area contributed by atoms with Gasteiger partial charge in [0.25, 0.3) is 5.91 Å². The van der Waals surface area contributed by atoms with E-state index >= 15 is 0 Å². The summed E-state index contributed by atoms with van der Waals surface area (Å²) in [5.41, 5.74) is 8.13. The second-order valence-corrected chi connectivity index (χ2v) is 7.76. The van der Waals surface area contributed by atoms with Crippen LogP contribution >= 0.6 is 0 Å². The van der Waals surface area contributed by atoms with Crippen LogP contribution in [0.25, 0.3) is 10.9 Å². The summed E-state index contributed by atoms with van der Waals surface area (Å²) >= 11 is 0. The first kappa shape index (κ1) is 21.0. The van der Waals surface area contributed by atoms with Crippen LogP contribution in [0.3, 0.4) is 0 Å². The summed E-state index contributed by atoms with van der Waals surface area (Å²) < 4.78 is 11.2. The number of nitrogens with one attached hydrogen (secondary N) is 1. The van der Waals surface area contributed by atoms with E-state index < -0.39 is 0 Å². The first-order chi connectivity index (χ1) is 15.1. The Bertz CT molecular complexity index is 1070. The van der Waals surface area contributed by atoms with Crippen molar-refractivity contribution in [3.8, 4) is 5.75 Å². The molecule has 1 aliphatic carbocycles. The van der Waals surface area contributed by atoms with Gasteiger partial charge >= 0.3 is 0 Å². The van der Waals surface area contributed by atoms with Crippen molar-refractivity contribution in [2.45, 2.75) is 38.8 Å². The molecule has 162 valence electrons. The summed E-state index contributed by atoms with van der Waals surface area (Å²) in [7, 11) is 1.54. The van der Waals surface area contributed by atoms with Gasteiger partial charge in [-0.2, -0.15) is 0 Å². The van der Waals surface area contributed by atoms with Gasteiger partial charge in [-0.15, -0.1) is 0 Å². The number of benzene rings is 1. The number of carbonyl (C=O) groups excluding carboxylic acids is 1. The van der Waals surface area contributed by atoms with Crippen molar-refractivity contribution in [2.75, 3.05) is 19.5 Å². The molecule has 0 unspecified atom stereocenters. The van der Waals surface area contributed by atoms with E-state index in [2.05, 4.69) is 20.3 Å². The molecular weight excluding hydrogens is 394 g/mol. The highest BCUT2D eigenvalue weighted by Gasteiger charge is 2.17. The van der Waals surface area contributed by atoms with E-state index in [4.69, 9.17) is 15.2 Å². The van der Waals surface area contributed by atoms with Gasteiger partial charge in [0.2, 0.25) is 5.95 Å². The van der Waals surface area contributed by atoms with Gasteiger partial charge in [-0.05, 0) is 37.0 Å². The third kappa shape index (κ3) is 5.08. The lowest BCUT2D eigenvalue weighted by Crippen LogP contribution is -2.25. The molecule has 0 saturated heterocycles. The summed E-state index contributed by atoms with van der Waals surface area (Å²) in [4.78, 5) is 25.8. The fourth-order valence-corrected chi connectivity index (χ4v) is 3.95. The molecule has 0 atom stereocenters. The highest BCUT2D eigenvalue weighted by molar-refractivity contribution is 6.05. The molecule has 2 heterocycles. The Kier molecular flexibility index (Phi) is 6.57. The highest BCUT2D eigenvalue weighted by Crippen LogP contribution is 2.26. The van der Waals surface area contributed by atoms with Crippen molar-refractivity contribution in [1.29, 1.82) is 0 Å². The summed E-state index contributed by atoms with van der Waals surface area (Å²) in [6, 6.07) is 11.0. The fraction of sp³-hybridized carbons (Fsp3) is 0.391. The molecule has 0 aliphatic heterocycles. The average Bonchev–Trinajstić information content (AvgIpc) is 3.30. The molecule has 0 radical (unpaired) electrons. The Hall–Kier alpha value is -3.26. The number of pyridine rings is 1. The van der Waals surface area contributed by atoms with Crippen LogP contribution in [0.2, 0.25) is 0 Å². The van der Waals surface area contributed by atoms with Crippen LogP contribution in [0.5, 0.6) is 5.75 Å². The third-order valence-corrected chi connectivity index (χ3v) is 5.51. The number of nitrogens with zero attached hydrogens (tertiary/aromatic N) is 3. The zero-order valence-electron chi connectivity index (χ0n) is 17.6. The molecule has 1 fully saturated rings. The first-order valence-corrected chi connectivity index (χ1v) is 10.5. The lowest BCUT2D eigenvalue weighted by Gasteiger charge is -2.11. The molecule has 1 amide bonds. The summed E-state index contributed by atoms with van der Waals surface area (Å²) in [5.74, 6) is 0.877. The van der Waals surface area contributed by atoms with Crippen molar-refractivity contribution < 1.29 is 14.3 Å². The molecule has 31 heavy (non-hydrogen) atoms. The van der Waals surface area contributed by atoms with Crippen LogP contribution < -0.4 is 15.8 Å². The van der Waals surface area contributed by atoms with Crippen molar-refractivity contribution in [3.63, 3.8) is 0 Å². The van der Waals surface area contributed by atoms with E-state index in [0.717, 1.165) is 18.0 Å². The summed E-state index contributed by atoms with van der Waals surface area (Å²) in [6.45, 7) is 1.53. The second kappa shape index (κ2) is 9.70. The molecule has 0 bridgehead atoms. The molecule has 8 heteroatoms. The number of fused-ring (bicyclic) bond motifs is 1. The Morgan fingerprint density at radius 2 is 1.87 bits per heavy atom. The second-order valence-electron chi connectivity index (χ2n) is 7.76. The lowest BCUT2D eigenvalue weighted by molar-refractivity contribution is 0.0866. The van der Waals surface area contributed by atoms with Crippen LogP contribution in [-0.4, -0.2) is 34.6 Å².